The number of rotatable bonds is 0. The van der Waals surface area contributed by atoms with Gasteiger partial charge in [-0.3, -0.25) is 0 Å². The molecule has 0 fully saturated rings. The van der Waals surface area contributed by atoms with E-state index in [2.05, 4.69) is 27.7 Å². The predicted octanol–water partition coefficient (Wildman–Crippen LogP) is 3.03. The molecule has 0 saturated heterocycles. The van der Waals surface area contributed by atoms with Gasteiger partial charge in [-0.15, -0.1) is 11.8 Å². The summed E-state index contributed by atoms with van der Waals surface area (Å²) < 4.78 is 5.48. The van der Waals surface area contributed by atoms with Crippen LogP contribution in [-0.2, 0) is 4.74 Å². The summed E-state index contributed by atoms with van der Waals surface area (Å²) in [5.74, 6) is 2.22. The second-order valence-corrected chi connectivity index (χ2v) is 4.94. The van der Waals surface area contributed by atoms with E-state index >= 15 is 0 Å². The Kier molecular flexibility index (Phi) is 2.53. The fraction of sp³-hybridized carbons (Fsp3) is 0.778. The third kappa shape index (κ3) is 2.16. The quantitative estimate of drug-likeness (QED) is 0.555. The molecule has 2 heteroatoms. The van der Waals surface area contributed by atoms with E-state index in [1.807, 2.05) is 11.8 Å². The fourth-order valence-corrected chi connectivity index (χ4v) is 2.32. The molecule has 0 radical (unpaired) electrons. The van der Waals surface area contributed by atoms with E-state index < -0.39 is 0 Å². The van der Waals surface area contributed by atoms with E-state index in [0.29, 0.717) is 0 Å². The lowest BCUT2D eigenvalue weighted by Crippen LogP contribution is -2.15. The Labute approximate surface area is 73.2 Å². The van der Waals surface area contributed by atoms with Crippen molar-refractivity contribution >= 4 is 11.8 Å². The molecule has 11 heavy (non-hydrogen) atoms. The lowest BCUT2D eigenvalue weighted by Gasteiger charge is -2.28. The van der Waals surface area contributed by atoms with Crippen molar-refractivity contribution in [2.45, 2.75) is 27.7 Å². The molecule has 0 aliphatic carbocycles. The minimum atomic E-state index is 0.259. The number of allylic oxidation sites excluding steroid dienone is 2. The second kappa shape index (κ2) is 3.10. The summed E-state index contributed by atoms with van der Waals surface area (Å²) in [4.78, 5) is 1.41. The highest BCUT2D eigenvalue weighted by atomic mass is 32.2. The van der Waals surface area contributed by atoms with Crippen LogP contribution in [0.1, 0.15) is 27.7 Å². The second-order valence-electron chi connectivity index (χ2n) is 3.83. The topological polar surface area (TPSA) is 9.23 Å². The molecule has 1 nitrogen and oxygen atoms in total. The van der Waals surface area contributed by atoms with Crippen molar-refractivity contribution in [1.82, 2.24) is 0 Å². The van der Waals surface area contributed by atoms with Crippen LogP contribution in [0.2, 0.25) is 0 Å². The van der Waals surface area contributed by atoms with Crippen LogP contribution in [0.15, 0.2) is 10.7 Å². The van der Waals surface area contributed by atoms with Gasteiger partial charge in [-0.05, 0) is 12.3 Å². The van der Waals surface area contributed by atoms with Crippen molar-refractivity contribution in [1.29, 1.82) is 0 Å². The van der Waals surface area contributed by atoms with Crippen LogP contribution in [0.5, 0.6) is 0 Å². The average molecular weight is 172 g/mol. The van der Waals surface area contributed by atoms with E-state index in [1.54, 1.807) is 0 Å². The monoisotopic (exact) mass is 172 g/mol. The summed E-state index contributed by atoms with van der Waals surface area (Å²) in [5.41, 5.74) is 0.259. The largest absolute Gasteiger partial charge is 0.497 e. The lowest BCUT2D eigenvalue weighted by molar-refractivity contribution is 0.222. The van der Waals surface area contributed by atoms with Crippen LogP contribution in [0, 0.1) is 5.41 Å². The molecular formula is C9H16OS. The first-order chi connectivity index (χ1) is 5.02. The standard InChI is InChI=1S/C9H16OS/c1-7-8(9(2,3)4)11-6-5-10-7/h5-6H2,1-4H3. The molecule has 0 aromatic heterocycles. The maximum atomic E-state index is 5.48. The van der Waals surface area contributed by atoms with Crippen molar-refractivity contribution in [3.63, 3.8) is 0 Å². The van der Waals surface area contributed by atoms with Gasteiger partial charge in [0, 0.05) is 10.7 Å². The van der Waals surface area contributed by atoms with Gasteiger partial charge in [-0.25, -0.2) is 0 Å². The molecule has 0 unspecified atom stereocenters. The first-order valence-electron chi connectivity index (χ1n) is 3.99. The SMILES string of the molecule is CC1=C(C(C)(C)C)SCCO1. The summed E-state index contributed by atoms with van der Waals surface area (Å²) >= 11 is 1.93. The van der Waals surface area contributed by atoms with Crippen LogP contribution in [-0.4, -0.2) is 12.4 Å². The Morgan fingerprint density at radius 2 is 2.00 bits per heavy atom. The van der Waals surface area contributed by atoms with Crippen LogP contribution in [0.25, 0.3) is 0 Å². The summed E-state index contributed by atoms with van der Waals surface area (Å²) in [6.07, 6.45) is 0. The molecule has 0 aromatic rings. The molecule has 0 spiro atoms. The van der Waals surface area contributed by atoms with Crippen LogP contribution in [0.4, 0.5) is 0 Å². The Hall–Kier alpha value is -0.110. The van der Waals surface area contributed by atoms with E-state index in [1.165, 1.54) is 4.91 Å². The Morgan fingerprint density at radius 3 is 2.36 bits per heavy atom. The van der Waals surface area contributed by atoms with Gasteiger partial charge >= 0.3 is 0 Å². The third-order valence-corrected chi connectivity index (χ3v) is 3.21. The zero-order valence-corrected chi connectivity index (χ0v) is 8.55. The van der Waals surface area contributed by atoms with E-state index in [4.69, 9.17) is 4.74 Å². The molecule has 0 saturated carbocycles. The third-order valence-electron chi connectivity index (χ3n) is 1.65. The number of thioether (sulfide) groups is 1. The minimum absolute atomic E-state index is 0.259. The zero-order chi connectivity index (χ0) is 8.48. The molecule has 0 amide bonds. The fourth-order valence-electron chi connectivity index (χ4n) is 1.25. The van der Waals surface area contributed by atoms with E-state index in [-0.39, 0.29) is 5.41 Å². The molecule has 64 valence electrons. The van der Waals surface area contributed by atoms with Gasteiger partial charge in [0.2, 0.25) is 0 Å². The van der Waals surface area contributed by atoms with Crippen molar-refractivity contribution < 1.29 is 4.74 Å². The molecule has 0 N–H and O–H groups in total. The van der Waals surface area contributed by atoms with Gasteiger partial charge in [0.25, 0.3) is 0 Å². The maximum absolute atomic E-state index is 5.48. The van der Waals surface area contributed by atoms with E-state index in [9.17, 15) is 0 Å². The van der Waals surface area contributed by atoms with Gasteiger partial charge in [0.05, 0.1) is 6.61 Å². The molecular weight excluding hydrogens is 156 g/mol. The molecule has 1 heterocycles. The summed E-state index contributed by atoms with van der Waals surface area (Å²) in [6.45, 7) is 9.62. The molecule has 1 aliphatic heterocycles. The average Bonchev–Trinajstić information content (AvgIpc) is 1.86. The predicted molar refractivity (Wildman–Crippen MR) is 50.6 cm³/mol. The van der Waals surface area contributed by atoms with Crippen LogP contribution in [0.3, 0.4) is 0 Å². The first kappa shape index (κ1) is 8.98. The Bertz CT molecular complexity index is 176. The van der Waals surface area contributed by atoms with Gasteiger partial charge in [0.15, 0.2) is 0 Å². The van der Waals surface area contributed by atoms with E-state index in [0.717, 1.165) is 18.1 Å². The van der Waals surface area contributed by atoms with Crippen LogP contribution >= 0.6 is 11.8 Å². The summed E-state index contributed by atoms with van der Waals surface area (Å²) in [5, 5.41) is 0. The normalized spacial score (nSPS) is 20.0. The molecule has 1 aliphatic rings. The highest BCUT2D eigenvalue weighted by Gasteiger charge is 2.23. The highest BCUT2D eigenvalue weighted by molar-refractivity contribution is 8.03. The van der Waals surface area contributed by atoms with Gasteiger partial charge in [-0.2, -0.15) is 0 Å². The van der Waals surface area contributed by atoms with Crippen molar-refractivity contribution in [2.24, 2.45) is 5.41 Å². The molecule has 1 rings (SSSR count). The molecule has 0 atom stereocenters. The van der Waals surface area contributed by atoms with Crippen molar-refractivity contribution in [2.75, 3.05) is 12.4 Å². The smallest absolute Gasteiger partial charge is 0.103 e. The Morgan fingerprint density at radius 1 is 1.36 bits per heavy atom. The van der Waals surface area contributed by atoms with Gasteiger partial charge in [-0.1, -0.05) is 20.8 Å². The Balaban J connectivity index is 2.83. The highest BCUT2D eigenvalue weighted by Crippen LogP contribution is 2.39. The van der Waals surface area contributed by atoms with Crippen molar-refractivity contribution in [3.05, 3.63) is 10.7 Å². The lowest BCUT2D eigenvalue weighted by atomic mass is 9.95. The number of ether oxygens (including phenoxy) is 1. The molecule has 0 bridgehead atoms. The maximum Gasteiger partial charge on any atom is 0.103 e. The number of hydrogen-bond acceptors (Lipinski definition) is 2. The minimum Gasteiger partial charge on any atom is -0.497 e. The van der Waals surface area contributed by atoms with Crippen molar-refractivity contribution in [3.8, 4) is 0 Å². The van der Waals surface area contributed by atoms with Gasteiger partial charge in [0.1, 0.15) is 5.76 Å². The van der Waals surface area contributed by atoms with Gasteiger partial charge < -0.3 is 4.74 Å². The van der Waals surface area contributed by atoms with Crippen LogP contribution < -0.4 is 0 Å². The first-order valence-corrected chi connectivity index (χ1v) is 4.97. The summed E-state index contributed by atoms with van der Waals surface area (Å²) in [7, 11) is 0. The number of hydrogen-bond donors (Lipinski definition) is 0. The summed E-state index contributed by atoms with van der Waals surface area (Å²) in [6, 6.07) is 0. The molecule has 0 aromatic carbocycles. The zero-order valence-electron chi connectivity index (χ0n) is 7.73.